The van der Waals surface area contributed by atoms with Gasteiger partial charge in [-0.25, -0.2) is 9.18 Å². The second-order valence-electron chi connectivity index (χ2n) is 4.84. The average molecular weight is 254 g/mol. The molecule has 0 fully saturated rings. The van der Waals surface area contributed by atoms with Crippen molar-refractivity contribution in [1.29, 1.82) is 0 Å². The van der Waals surface area contributed by atoms with Gasteiger partial charge in [-0.15, -0.1) is 0 Å². The molecule has 1 aromatic carbocycles. The van der Waals surface area contributed by atoms with Crippen molar-refractivity contribution in [3.8, 4) is 0 Å². The maximum Gasteiger partial charge on any atom is 0.407 e. The molecule has 0 aliphatic rings. The summed E-state index contributed by atoms with van der Waals surface area (Å²) in [5.74, 6) is -0.310. The second kappa shape index (κ2) is 6.23. The van der Waals surface area contributed by atoms with E-state index >= 15 is 0 Å². The molecule has 1 aromatic rings. The summed E-state index contributed by atoms with van der Waals surface area (Å²) in [5, 5.41) is 5.47. The van der Waals surface area contributed by atoms with Gasteiger partial charge in [-0.2, -0.15) is 0 Å². The van der Waals surface area contributed by atoms with Crippen LogP contribution >= 0.6 is 0 Å². The van der Waals surface area contributed by atoms with Gasteiger partial charge in [0.15, 0.2) is 0 Å². The van der Waals surface area contributed by atoms with Gasteiger partial charge in [0.2, 0.25) is 0 Å². The van der Waals surface area contributed by atoms with E-state index in [1.807, 2.05) is 0 Å². The van der Waals surface area contributed by atoms with Crippen molar-refractivity contribution in [3.63, 3.8) is 0 Å². The van der Waals surface area contributed by atoms with Crippen LogP contribution < -0.4 is 10.6 Å². The zero-order valence-electron chi connectivity index (χ0n) is 10.9. The molecule has 0 atom stereocenters. The molecule has 100 valence electrons. The summed E-state index contributed by atoms with van der Waals surface area (Å²) >= 11 is 0. The van der Waals surface area contributed by atoms with Crippen molar-refractivity contribution in [1.82, 2.24) is 5.32 Å². The molecule has 0 heterocycles. The molecule has 0 saturated heterocycles. The van der Waals surface area contributed by atoms with Crippen molar-refractivity contribution in [2.24, 2.45) is 0 Å². The zero-order valence-corrected chi connectivity index (χ0v) is 10.9. The fraction of sp³-hybridized carbons (Fsp3) is 0.462. The summed E-state index contributed by atoms with van der Waals surface area (Å²) < 4.78 is 18.3. The fourth-order valence-corrected chi connectivity index (χ4v) is 1.28. The summed E-state index contributed by atoms with van der Waals surface area (Å²) in [5.41, 5.74) is -0.0910. The minimum absolute atomic E-state index is 0.310. The van der Waals surface area contributed by atoms with Gasteiger partial charge in [0.05, 0.1) is 5.69 Å². The number of anilines is 1. The van der Waals surface area contributed by atoms with Crippen LogP contribution in [0.25, 0.3) is 0 Å². The molecule has 0 aromatic heterocycles. The molecule has 0 saturated carbocycles. The Morgan fingerprint density at radius 3 is 2.56 bits per heavy atom. The van der Waals surface area contributed by atoms with Gasteiger partial charge in [0, 0.05) is 13.1 Å². The monoisotopic (exact) mass is 254 g/mol. The van der Waals surface area contributed by atoms with Crippen molar-refractivity contribution in [3.05, 3.63) is 30.1 Å². The first-order valence-electron chi connectivity index (χ1n) is 5.84. The number of nitrogens with one attached hydrogen (secondary N) is 2. The molecule has 1 amide bonds. The van der Waals surface area contributed by atoms with Gasteiger partial charge in [0.25, 0.3) is 0 Å². The number of hydrogen-bond donors (Lipinski definition) is 2. The molecule has 0 bridgehead atoms. The van der Waals surface area contributed by atoms with Crippen molar-refractivity contribution in [2.75, 3.05) is 18.4 Å². The van der Waals surface area contributed by atoms with E-state index in [0.717, 1.165) is 0 Å². The van der Waals surface area contributed by atoms with Gasteiger partial charge in [-0.3, -0.25) is 0 Å². The van der Waals surface area contributed by atoms with Crippen LogP contribution in [0.5, 0.6) is 0 Å². The molecule has 0 spiro atoms. The van der Waals surface area contributed by atoms with E-state index in [2.05, 4.69) is 10.6 Å². The predicted molar refractivity (Wildman–Crippen MR) is 69.1 cm³/mol. The normalized spacial score (nSPS) is 10.9. The van der Waals surface area contributed by atoms with Crippen LogP contribution in [0.15, 0.2) is 24.3 Å². The SMILES string of the molecule is CC(C)(C)OC(=O)NCCNc1ccccc1F. The Balaban J connectivity index is 2.23. The highest BCUT2D eigenvalue weighted by Crippen LogP contribution is 2.11. The molecule has 0 aliphatic carbocycles. The largest absolute Gasteiger partial charge is 0.444 e. The number of amides is 1. The van der Waals surface area contributed by atoms with Gasteiger partial charge in [-0.05, 0) is 32.9 Å². The molecule has 0 aliphatic heterocycles. The Morgan fingerprint density at radius 2 is 1.94 bits per heavy atom. The van der Waals surface area contributed by atoms with Gasteiger partial charge < -0.3 is 15.4 Å². The topological polar surface area (TPSA) is 50.4 Å². The number of ether oxygens (including phenoxy) is 1. The third-order valence-corrected chi connectivity index (χ3v) is 1.98. The van der Waals surface area contributed by atoms with E-state index in [9.17, 15) is 9.18 Å². The molecule has 1 rings (SSSR count). The lowest BCUT2D eigenvalue weighted by Crippen LogP contribution is -2.35. The molecule has 5 heteroatoms. The maximum atomic E-state index is 13.2. The minimum Gasteiger partial charge on any atom is -0.444 e. The summed E-state index contributed by atoms with van der Waals surface area (Å²) in [7, 11) is 0. The predicted octanol–water partition coefficient (Wildman–Crippen LogP) is 2.76. The Hall–Kier alpha value is -1.78. The van der Waals surface area contributed by atoms with Crippen LogP contribution in [0.1, 0.15) is 20.8 Å². The number of halogens is 1. The lowest BCUT2D eigenvalue weighted by molar-refractivity contribution is 0.0530. The first-order valence-corrected chi connectivity index (χ1v) is 5.84. The Bertz CT molecular complexity index is 402. The van der Waals surface area contributed by atoms with E-state index in [4.69, 9.17) is 4.74 Å². The third-order valence-electron chi connectivity index (χ3n) is 1.98. The number of carbonyl (C=O) groups excluding carboxylic acids is 1. The van der Waals surface area contributed by atoms with Gasteiger partial charge >= 0.3 is 6.09 Å². The number of rotatable bonds is 4. The highest BCUT2D eigenvalue weighted by molar-refractivity contribution is 5.67. The summed E-state index contributed by atoms with van der Waals surface area (Å²) in [6.07, 6.45) is -0.474. The molecule has 0 radical (unpaired) electrons. The van der Waals surface area contributed by atoms with Crippen LogP contribution in [-0.2, 0) is 4.74 Å². The Morgan fingerprint density at radius 1 is 1.28 bits per heavy atom. The standard InChI is InChI=1S/C13H19FN2O2/c1-13(2,3)18-12(17)16-9-8-15-11-7-5-4-6-10(11)14/h4-7,15H,8-9H2,1-3H3,(H,16,17). The van der Waals surface area contributed by atoms with Crippen molar-refractivity contribution in [2.45, 2.75) is 26.4 Å². The highest BCUT2D eigenvalue weighted by Gasteiger charge is 2.15. The molecule has 2 N–H and O–H groups in total. The van der Waals surface area contributed by atoms with Crippen molar-refractivity contribution >= 4 is 11.8 Å². The number of alkyl carbamates (subject to hydrolysis) is 1. The Kier molecular flexibility index (Phi) is 4.95. The minimum atomic E-state index is -0.511. The highest BCUT2D eigenvalue weighted by atomic mass is 19.1. The third kappa shape index (κ3) is 5.52. The molecular weight excluding hydrogens is 235 g/mol. The van der Waals surface area contributed by atoms with E-state index in [-0.39, 0.29) is 5.82 Å². The van der Waals surface area contributed by atoms with E-state index < -0.39 is 11.7 Å². The van der Waals surface area contributed by atoms with Crippen LogP contribution in [-0.4, -0.2) is 24.8 Å². The smallest absolute Gasteiger partial charge is 0.407 e. The summed E-state index contributed by atoms with van der Waals surface area (Å²) in [6.45, 7) is 6.18. The lowest BCUT2D eigenvalue weighted by Gasteiger charge is -2.19. The number of hydrogen-bond acceptors (Lipinski definition) is 3. The first kappa shape index (κ1) is 14.3. The number of benzene rings is 1. The lowest BCUT2D eigenvalue weighted by atomic mass is 10.2. The van der Waals surface area contributed by atoms with E-state index in [0.29, 0.717) is 18.8 Å². The molecule has 18 heavy (non-hydrogen) atoms. The van der Waals surface area contributed by atoms with E-state index in [1.165, 1.54) is 6.07 Å². The maximum absolute atomic E-state index is 13.2. The zero-order chi connectivity index (χ0) is 13.6. The molecular formula is C13H19FN2O2. The summed E-state index contributed by atoms with van der Waals surface area (Å²) in [6, 6.07) is 6.39. The molecule has 4 nitrogen and oxygen atoms in total. The average Bonchev–Trinajstić information content (AvgIpc) is 2.24. The quantitative estimate of drug-likeness (QED) is 0.812. The van der Waals surface area contributed by atoms with Gasteiger partial charge in [-0.1, -0.05) is 12.1 Å². The van der Waals surface area contributed by atoms with Crippen LogP contribution in [0.3, 0.4) is 0 Å². The first-order chi connectivity index (χ1) is 8.38. The number of carbonyl (C=O) groups is 1. The number of para-hydroxylation sites is 1. The summed E-state index contributed by atoms with van der Waals surface area (Å²) in [4.78, 5) is 11.3. The van der Waals surface area contributed by atoms with Crippen LogP contribution in [0, 0.1) is 5.82 Å². The fourth-order valence-electron chi connectivity index (χ4n) is 1.28. The van der Waals surface area contributed by atoms with E-state index in [1.54, 1.807) is 39.0 Å². The molecule has 0 unspecified atom stereocenters. The van der Waals surface area contributed by atoms with Crippen molar-refractivity contribution < 1.29 is 13.9 Å². The van der Waals surface area contributed by atoms with Crippen LogP contribution in [0.4, 0.5) is 14.9 Å². The van der Waals surface area contributed by atoms with Crippen LogP contribution in [0.2, 0.25) is 0 Å². The van der Waals surface area contributed by atoms with Gasteiger partial charge in [0.1, 0.15) is 11.4 Å². The Labute approximate surface area is 107 Å². The second-order valence-corrected chi connectivity index (χ2v) is 4.84.